The number of allylic oxidation sites excluding steroid dienone is 8. The number of hydrogen-bond donors (Lipinski definition) is 0. The van der Waals surface area contributed by atoms with Crippen molar-refractivity contribution in [1.29, 1.82) is 0 Å². The summed E-state index contributed by atoms with van der Waals surface area (Å²) >= 11 is 1.55. The molecule has 0 radical (unpaired) electrons. The van der Waals surface area contributed by atoms with E-state index in [1.807, 2.05) is 0 Å². The monoisotopic (exact) mass is 373 g/mol. The van der Waals surface area contributed by atoms with Gasteiger partial charge in [0.25, 0.3) is 0 Å². The summed E-state index contributed by atoms with van der Waals surface area (Å²) in [5.41, 5.74) is 5.70. The average molecular weight is 375 g/mol. The van der Waals surface area contributed by atoms with Crippen LogP contribution < -0.4 is 24.8 Å². The second-order valence-corrected chi connectivity index (χ2v) is 7.33. The maximum absolute atomic E-state index is 3.53. The first-order valence-corrected chi connectivity index (χ1v) is 7.35. The van der Waals surface area contributed by atoms with Gasteiger partial charge in [-0.3, -0.25) is 0 Å². The molecule has 0 nitrogen and oxygen atoms in total. The van der Waals surface area contributed by atoms with Crippen LogP contribution in [0.5, 0.6) is 0 Å². The molecule has 0 spiro atoms. The van der Waals surface area contributed by atoms with Gasteiger partial charge in [0, 0.05) is 0 Å². The van der Waals surface area contributed by atoms with E-state index in [2.05, 4.69) is 58.9 Å². The van der Waals surface area contributed by atoms with Crippen LogP contribution in [0.25, 0.3) is 0 Å². The van der Waals surface area contributed by atoms with Gasteiger partial charge in [-0.15, -0.1) is 17.2 Å². The fourth-order valence-corrected chi connectivity index (χ4v) is 1.92. The van der Waals surface area contributed by atoms with E-state index in [4.69, 9.17) is 0 Å². The summed E-state index contributed by atoms with van der Waals surface area (Å²) in [7, 11) is 0. The minimum Gasteiger partial charge on any atom is -1.00 e. The van der Waals surface area contributed by atoms with Gasteiger partial charge in [-0.1, -0.05) is 45.3 Å². The molecule has 19 heavy (non-hydrogen) atoms. The summed E-state index contributed by atoms with van der Waals surface area (Å²) in [6.07, 6.45) is 11.2. The van der Waals surface area contributed by atoms with Crippen LogP contribution in [-0.2, 0) is 24.2 Å². The van der Waals surface area contributed by atoms with Crippen LogP contribution in [0.3, 0.4) is 0 Å². The average Bonchev–Trinajstić information content (AvgIpc) is 2.82. The van der Waals surface area contributed by atoms with E-state index in [1.54, 1.807) is 24.2 Å². The minimum atomic E-state index is 0. The van der Waals surface area contributed by atoms with Gasteiger partial charge < -0.3 is 24.8 Å². The van der Waals surface area contributed by atoms with Crippen LogP contribution in [0.15, 0.2) is 40.5 Å². The Morgan fingerprint density at radius 3 is 2.11 bits per heavy atom. The quantitative estimate of drug-likeness (QED) is 0.482. The zero-order chi connectivity index (χ0) is 13.0. The van der Waals surface area contributed by atoms with Gasteiger partial charge in [-0.25, -0.2) is 0 Å². The second kappa shape index (κ2) is 10.1. The second-order valence-electron chi connectivity index (χ2n) is 4.87. The Hall–Kier alpha value is 0.293. The number of hydrogen-bond acceptors (Lipinski definition) is 0. The van der Waals surface area contributed by atoms with Crippen molar-refractivity contribution in [3.8, 4) is 0 Å². The SMILES string of the molecule is CC1=C(C)C(C)[C-]=C1C1=CC=CC1.C[C](C)=[Zr+2].[Cl-].[Cl-]. The number of rotatable bonds is 1. The Labute approximate surface area is 145 Å². The smallest absolute Gasteiger partial charge is 1.00 e. The molecular formula is C16H21Cl2Zr-. The zero-order valence-electron chi connectivity index (χ0n) is 12.3. The van der Waals surface area contributed by atoms with Crippen LogP contribution in [0.1, 0.15) is 41.0 Å². The van der Waals surface area contributed by atoms with Crippen molar-refractivity contribution in [3.05, 3.63) is 46.6 Å². The van der Waals surface area contributed by atoms with E-state index in [0.29, 0.717) is 5.92 Å². The topological polar surface area (TPSA) is 0 Å². The van der Waals surface area contributed by atoms with Crippen molar-refractivity contribution in [2.24, 2.45) is 5.92 Å². The van der Waals surface area contributed by atoms with E-state index in [-0.39, 0.29) is 24.8 Å². The van der Waals surface area contributed by atoms with Crippen molar-refractivity contribution < 1.29 is 49.0 Å². The summed E-state index contributed by atoms with van der Waals surface area (Å²) in [5, 5.41) is 0. The third-order valence-corrected chi connectivity index (χ3v) is 3.07. The molecule has 1 atom stereocenters. The molecule has 0 aromatic heterocycles. The molecule has 0 saturated carbocycles. The van der Waals surface area contributed by atoms with Gasteiger partial charge in [0.2, 0.25) is 0 Å². The zero-order valence-corrected chi connectivity index (χ0v) is 16.2. The van der Waals surface area contributed by atoms with E-state index >= 15 is 0 Å². The van der Waals surface area contributed by atoms with Crippen LogP contribution in [0.2, 0.25) is 0 Å². The summed E-state index contributed by atoms with van der Waals surface area (Å²) in [6, 6.07) is 0. The van der Waals surface area contributed by atoms with Crippen molar-refractivity contribution in [2.45, 2.75) is 41.0 Å². The fourth-order valence-electron chi connectivity index (χ4n) is 1.92. The molecule has 0 saturated heterocycles. The van der Waals surface area contributed by atoms with Gasteiger partial charge in [0.05, 0.1) is 0 Å². The van der Waals surface area contributed by atoms with Crippen molar-refractivity contribution in [1.82, 2.24) is 0 Å². The standard InChI is InChI=1S/C13H15.C3H6.2ClH.Zr/c1-9-8-13(11(3)10(9)2)12-6-4-5-7-12;1-3-2;;;/h4-6,9H,7H2,1-3H3;1-2H3;2*1H;/q-1;;;;+2/p-2. The molecular weight excluding hydrogens is 354 g/mol. The maximum Gasteiger partial charge on any atom is -1.00 e. The van der Waals surface area contributed by atoms with E-state index < -0.39 is 0 Å². The number of halogens is 2. The molecule has 0 N–H and O–H groups in total. The summed E-state index contributed by atoms with van der Waals surface area (Å²) < 4.78 is 1.51. The predicted molar refractivity (Wildman–Crippen MR) is 72.5 cm³/mol. The van der Waals surface area contributed by atoms with Crippen molar-refractivity contribution in [3.63, 3.8) is 0 Å². The Morgan fingerprint density at radius 2 is 1.79 bits per heavy atom. The molecule has 0 aliphatic heterocycles. The van der Waals surface area contributed by atoms with Crippen molar-refractivity contribution in [2.75, 3.05) is 0 Å². The summed E-state index contributed by atoms with van der Waals surface area (Å²) in [4.78, 5) is 0. The Kier molecular flexibility index (Phi) is 11.5. The van der Waals surface area contributed by atoms with Crippen molar-refractivity contribution >= 4 is 3.21 Å². The normalized spacial score (nSPS) is 19.8. The van der Waals surface area contributed by atoms with Gasteiger partial charge in [0.15, 0.2) is 0 Å². The van der Waals surface area contributed by atoms with E-state index in [9.17, 15) is 0 Å². The Bertz CT molecular complexity index is 436. The molecule has 0 heterocycles. The minimum absolute atomic E-state index is 0. The maximum atomic E-state index is 3.53. The molecule has 0 bridgehead atoms. The molecule has 1 unspecified atom stereocenters. The van der Waals surface area contributed by atoms with Gasteiger partial charge >= 0.3 is 41.3 Å². The molecule has 0 aromatic carbocycles. The third kappa shape index (κ3) is 6.52. The van der Waals surface area contributed by atoms with Gasteiger partial charge in [-0.05, 0) is 0 Å². The molecule has 3 heteroatoms. The van der Waals surface area contributed by atoms with Crippen LogP contribution in [0.4, 0.5) is 0 Å². The van der Waals surface area contributed by atoms with Crippen LogP contribution in [0, 0.1) is 12.0 Å². The first-order chi connectivity index (χ1) is 7.93. The molecule has 0 amide bonds. The fraction of sp³-hybridized carbons (Fsp3) is 0.438. The van der Waals surface area contributed by atoms with E-state index in [1.165, 1.54) is 25.5 Å². The van der Waals surface area contributed by atoms with E-state index in [0.717, 1.165) is 6.42 Å². The summed E-state index contributed by atoms with van der Waals surface area (Å²) in [6.45, 7) is 10.9. The van der Waals surface area contributed by atoms with Gasteiger partial charge in [0.1, 0.15) is 0 Å². The third-order valence-electron chi connectivity index (χ3n) is 3.07. The van der Waals surface area contributed by atoms with Gasteiger partial charge in [-0.2, -0.15) is 17.2 Å². The van der Waals surface area contributed by atoms with Crippen LogP contribution >= 0.6 is 0 Å². The molecule has 0 aromatic rings. The molecule has 0 fully saturated rings. The first-order valence-electron chi connectivity index (χ1n) is 6.12. The molecule has 2 aliphatic carbocycles. The van der Waals surface area contributed by atoms with Crippen LogP contribution in [-0.4, -0.2) is 3.21 Å². The Morgan fingerprint density at radius 1 is 1.26 bits per heavy atom. The Balaban J connectivity index is 0. The largest absolute Gasteiger partial charge is 1.00 e. The molecule has 104 valence electrons. The molecule has 2 aliphatic rings. The molecule has 2 rings (SSSR count). The first kappa shape index (κ1) is 21.6. The predicted octanol–water partition coefficient (Wildman–Crippen LogP) is -1.66. The summed E-state index contributed by atoms with van der Waals surface area (Å²) in [5.74, 6) is 0.511.